The molecule has 1 heterocycles. The normalized spacial score (nSPS) is 16.8. The Hall–Kier alpha value is -1.35. The standard InChI is InChI=1S/C14H20N2O/c1-11-2-4-12(5-3-11)10-14(17)16-13-6-8-15-9-7-13/h2-5,13,15H,6-10H2,1H3,(H,16,17). The van der Waals surface area contributed by atoms with Gasteiger partial charge in [0.15, 0.2) is 0 Å². The van der Waals surface area contributed by atoms with Crippen LogP contribution in [0.2, 0.25) is 0 Å². The van der Waals surface area contributed by atoms with Gasteiger partial charge in [-0.15, -0.1) is 0 Å². The van der Waals surface area contributed by atoms with Crippen molar-refractivity contribution in [3.05, 3.63) is 35.4 Å². The molecule has 0 bridgehead atoms. The Morgan fingerprint density at radius 2 is 1.94 bits per heavy atom. The van der Waals surface area contributed by atoms with Crippen LogP contribution >= 0.6 is 0 Å². The molecule has 0 spiro atoms. The Bertz CT molecular complexity index is 366. The number of aryl methyl sites for hydroxylation is 1. The maximum Gasteiger partial charge on any atom is 0.224 e. The Morgan fingerprint density at radius 1 is 1.29 bits per heavy atom. The Labute approximate surface area is 103 Å². The van der Waals surface area contributed by atoms with Crippen molar-refractivity contribution in [1.29, 1.82) is 0 Å². The van der Waals surface area contributed by atoms with Crippen molar-refractivity contribution >= 4 is 5.91 Å². The maximum atomic E-state index is 11.8. The molecule has 3 nitrogen and oxygen atoms in total. The van der Waals surface area contributed by atoms with Crippen LogP contribution in [0, 0.1) is 6.92 Å². The van der Waals surface area contributed by atoms with E-state index in [2.05, 4.69) is 17.6 Å². The van der Waals surface area contributed by atoms with E-state index >= 15 is 0 Å². The van der Waals surface area contributed by atoms with Gasteiger partial charge in [0.2, 0.25) is 5.91 Å². The summed E-state index contributed by atoms with van der Waals surface area (Å²) in [6.45, 7) is 4.07. The van der Waals surface area contributed by atoms with Crippen molar-refractivity contribution in [3.63, 3.8) is 0 Å². The van der Waals surface area contributed by atoms with E-state index in [4.69, 9.17) is 0 Å². The number of piperidine rings is 1. The number of carbonyl (C=O) groups is 1. The molecule has 3 heteroatoms. The number of carbonyl (C=O) groups excluding carboxylic acids is 1. The molecule has 0 atom stereocenters. The van der Waals surface area contributed by atoms with Crippen LogP contribution in [0.25, 0.3) is 0 Å². The first-order valence-corrected chi connectivity index (χ1v) is 6.29. The van der Waals surface area contributed by atoms with E-state index in [9.17, 15) is 4.79 Å². The molecule has 1 aliphatic rings. The quantitative estimate of drug-likeness (QED) is 0.827. The molecule has 1 aliphatic heterocycles. The van der Waals surface area contributed by atoms with Gasteiger partial charge in [0.05, 0.1) is 6.42 Å². The third-order valence-corrected chi connectivity index (χ3v) is 3.19. The first kappa shape index (κ1) is 12.1. The molecule has 1 aromatic rings. The van der Waals surface area contributed by atoms with Crippen LogP contribution in [-0.2, 0) is 11.2 Å². The van der Waals surface area contributed by atoms with E-state index in [1.165, 1.54) is 5.56 Å². The lowest BCUT2D eigenvalue weighted by atomic mass is 10.1. The van der Waals surface area contributed by atoms with Gasteiger partial charge in [-0.25, -0.2) is 0 Å². The van der Waals surface area contributed by atoms with Crippen LogP contribution in [0.1, 0.15) is 24.0 Å². The average Bonchev–Trinajstić information content (AvgIpc) is 2.33. The highest BCUT2D eigenvalue weighted by atomic mass is 16.1. The molecule has 17 heavy (non-hydrogen) atoms. The van der Waals surface area contributed by atoms with E-state index in [0.717, 1.165) is 31.5 Å². The fourth-order valence-electron chi connectivity index (χ4n) is 2.14. The van der Waals surface area contributed by atoms with Gasteiger partial charge < -0.3 is 10.6 Å². The summed E-state index contributed by atoms with van der Waals surface area (Å²) >= 11 is 0. The van der Waals surface area contributed by atoms with Crippen molar-refractivity contribution in [2.24, 2.45) is 0 Å². The number of nitrogens with one attached hydrogen (secondary N) is 2. The number of hydrogen-bond donors (Lipinski definition) is 2. The van der Waals surface area contributed by atoms with Gasteiger partial charge in [-0.05, 0) is 38.4 Å². The monoisotopic (exact) mass is 232 g/mol. The van der Waals surface area contributed by atoms with Gasteiger partial charge in [0, 0.05) is 6.04 Å². The smallest absolute Gasteiger partial charge is 0.224 e. The zero-order valence-electron chi connectivity index (χ0n) is 10.3. The van der Waals surface area contributed by atoms with Gasteiger partial charge in [-0.1, -0.05) is 29.8 Å². The highest BCUT2D eigenvalue weighted by molar-refractivity contribution is 5.78. The maximum absolute atomic E-state index is 11.8. The molecule has 92 valence electrons. The lowest BCUT2D eigenvalue weighted by Gasteiger charge is -2.23. The van der Waals surface area contributed by atoms with E-state index < -0.39 is 0 Å². The molecule has 0 aromatic heterocycles. The van der Waals surface area contributed by atoms with Crippen molar-refractivity contribution in [2.45, 2.75) is 32.2 Å². The molecular weight excluding hydrogens is 212 g/mol. The van der Waals surface area contributed by atoms with Crippen molar-refractivity contribution in [3.8, 4) is 0 Å². The second-order valence-electron chi connectivity index (χ2n) is 4.75. The Kier molecular flexibility index (Phi) is 4.15. The molecule has 2 rings (SSSR count). The summed E-state index contributed by atoms with van der Waals surface area (Å²) < 4.78 is 0. The first-order valence-electron chi connectivity index (χ1n) is 6.29. The van der Waals surface area contributed by atoms with Gasteiger partial charge in [0.25, 0.3) is 0 Å². The largest absolute Gasteiger partial charge is 0.353 e. The summed E-state index contributed by atoms with van der Waals surface area (Å²) in [6, 6.07) is 8.50. The predicted octanol–water partition coefficient (Wildman–Crippen LogP) is 1.41. The summed E-state index contributed by atoms with van der Waals surface area (Å²) in [5, 5.41) is 6.40. The van der Waals surface area contributed by atoms with Crippen LogP contribution in [0.4, 0.5) is 0 Å². The Balaban J connectivity index is 1.82. The second kappa shape index (κ2) is 5.82. The molecule has 0 saturated carbocycles. The molecule has 1 amide bonds. The Morgan fingerprint density at radius 3 is 2.59 bits per heavy atom. The SMILES string of the molecule is Cc1ccc(CC(=O)NC2CCNCC2)cc1. The lowest BCUT2D eigenvalue weighted by molar-refractivity contribution is -0.121. The van der Waals surface area contributed by atoms with Crippen LogP contribution in [0.15, 0.2) is 24.3 Å². The van der Waals surface area contributed by atoms with Crippen LogP contribution in [-0.4, -0.2) is 25.0 Å². The predicted molar refractivity (Wildman–Crippen MR) is 68.9 cm³/mol. The summed E-state index contributed by atoms with van der Waals surface area (Å²) in [7, 11) is 0. The fourth-order valence-corrected chi connectivity index (χ4v) is 2.14. The van der Waals surface area contributed by atoms with Crippen LogP contribution in [0.3, 0.4) is 0 Å². The topological polar surface area (TPSA) is 41.1 Å². The van der Waals surface area contributed by atoms with Crippen LogP contribution in [0.5, 0.6) is 0 Å². The fraction of sp³-hybridized carbons (Fsp3) is 0.500. The van der Waals surface area contributed by atoms with Crippen molar-refractivity contribution < 1.29 is 4.79 Å². The van der Waals surface area contributed by atoms with E-state index in [-0.39, 0.29) is 5.91 Å². The highest BCUT2D eigenvalue weighted by Gasteiger charge is 2.15. The molecular formula is C14H20N2O. The van der Waals surface area contributed by atoms with Gasteiger partial charge in [0.1, 0.15) is 0 Å². The first-order chi connectivity index (χ1) is 8.24. The van der Waals surface area contributed by atoms with E-state index in [1.807, 2.05) is 24.3 Å². The molecule has 0 aliphatic carbocycles. The van der Waals surface area contributed by atoms with Crippen molar-refractivity contribution in [2.75, 3.05) is 13.1 Å². The summed E-state index contributed by atoms with van der Waals surface area (Å²) in [5.41, 5.74) is 2.31. The number of amides is 1. The van der Waals surface area contributed by atoms with Gasteiger partial charge in [-0.3, -0.25) is 4.79 Å². The molecule has 2 N–H and O–H groups in total. The zero-order valence-corrected chi connectivity index (χ0v) is 10.3. The summed E-state index contributed by atoms with van der Waals surface area (Å²) in [5.74, 6) is 0.140. The molecule has 0 unspecified atom stereocenters. The van der Waals surface area contributed by atoms with E-state index in [1.54, 1.807) is 0 Å². The second-order valence-corrected chi connectivity index (χ2v) is 4.75. The highest BCUT2D eigenvalue weighted by Crippen LogP contribution is 2.06. The number of rotatable bonds is 3. The third-order valence-electron chi connectivity index (χ3n) is 3.19. The summed E-state index contributed by atoms with van der Waals surface area (Å²) in [4.78, 5) is 11.8. The zero-order chi connectivity index (χ0) is 12.1. The minimum absolute atomic E-state index is 0.140. The van der Waals surface area contributed by atoms with Crippen molar-refractivity contribution in [1.82, 2.24) is 10.6 Å². The molecule has 1 saturated heterocycles. The minimum Gasteiger partial charge on any atom is -0.353 e. The third kappa shape index (κ3) is 3.86. The summed E-state index contributed by atoms with van der Waals surface area (Å²) in [6.07, 6.45) is 2.57. The van der Waals surface area contributed by atoms with Gasteiger partial charge in [-0.2, -0.15) is 0 Å². The van der Waals surface area contributed by atoms with Gasteiger partial charge >= 0.3 is 0 Å². The van der Waals surface area contributed by atoms with E-state index in [0.29, 0.717) is 12.5 Å². The minimum atomic E-state index is 0.140. The lowest BCUT2D eigenvalue weighted by Crippen LogP contribution is -2.43. The average molecular weight is 232 g/mol. The molecule has 1 fully saturated rings. The number of hydrogen-bond acceptors (Lipinski definition) is 2. The van der Waals surface area contributed by atoms with Crippen LogP contribution < -0.4 is 10.6 Å². The number of benzene rings is 1. The molecule has 0 radical (unpaired) electrons. The molecule has 1 aromatic carbocycles.